The molecule has 0 aliphatic carbocycles. The number of hydrogen-bond acceptors (Lipinski definition) is 5. The van der Waals surface area contributed by atoms with Gasteiger partial charge in [-0.1, -0.05) is 18.2 Å². The molecule has 0 heterocycles. The van der Waals surface area contributed by atoms with Crippen molar-refractivity contribution in [2.24, 2.45) is 0 Å². The molecule has 7 nitrogen and oxygen atoms in total. The molecule has 0 fully saturated rings. The molecule has 0 atom stereocenters. The van der Waals surface area contributed by atoms with Gasteiger partial charge in [-0.15, -0.1) is 0 Å². The molecule has 2 aromatic rings. The van der Waals surface area contributed by atoms with Crippen LogP contribution in [0.3, 0.4) is 0 Å². The fraction of sp³-hybridized carbons (Fsp3) is 0.350. The van der Waals surface area contributed by atoms with Crippen LogP contribution in [0.25, 0.3) is 0 Å². The number of halogens is 1. The van der Waals surface area contributed by atoms with Crippen LogP contribution in [-0.4, -0.2) is 41.3 Å². The van der Waals surface area contributed by atoms with Crippen LogP contribution >= 0.6 is 0 Å². The molecule has 158 valence electrons. The molecule has 29 heavy (non-hydrogen) atoms. The number of anilines is 1. The van der Waals surface area contributed by atoms with Crippen molar-refractivity contribution >= 4 is 21.6 Å². The number of benzene rings is 2. The molecule has 0 saturated heterocycles. The van der Waals surface area contributed by atoms with E-state index >= 15 is 0 Å². The van der Waals surface area contributed by atoms with Gasteiger partial charge in [-0.3, -0.25) is 9.10 Å². The molecule has 0 aromatic heterocycles. The summed E-state index contributed by atoms with van der Waals surface area (Å²) in [5, 5.41) is 2.77. The largest absolute Gasteiger partial charge is 0.493 e. The predicted octanol–water partition coefficient (Wildman–Crippen LogP) is 2.71. The van der Waals surface area contributed by atoms with E-state index in [0.717, 1.165) is 16.1 Å². The van der Waals surface area contributed by atoms with Gasteiger partial charge in [-0.05, 0) is 36.2 Å². The van der Waals surface area contributed by atoms with Gasteiger partial charge < -0.3 is 14.8 Å². The summed E-state index contributed by atoms with van der Waals surface area (Å²) in [6.07, 6.45) is 1.36. The van der Waals surface area contributed by atoms with Crippen LogP contribution in [-0.2, 0) is 21.4 Å². The summed E-state index contributed by atoms with van der Waals surface area (Å²) in [5.41, 5.74) is 0.806. The Bertz CT molecular complexity index is 950. The second kappa shape index (κ2) is 10.1. The van der Waals surface area contributed by atoms with Crippen LogP contribution in [0.2, 0.25) is 0 Å². The lowest BCUT2D eigenvalue weighted by atomic mass is 10.2. The standard InChI is InChI=1S/C20H25FN2O5S/c1-27-18-11-10-15(13-19(18)28-2)14-22-20(24)9-6-12-23(29(3,25)26)17-8-5-4-7-16(17)21/h4-5,7-8,10-11,13H,6,9,12,14H2,1-3H3,(H,22,24). The second-order valence-electron chi connectivity index (χ2n) is 6.36. The van der Waals surface area contributed by atoms with Crippen molar-refractivity contribution in [3.63, 3.8) is 0 Å². The maximum Gasteiger partial charge on any atom is 0.232 e. The average Bonchev–Trinajstić information content (AvgIpc) is 2.69. The van der Waals surface area contributed by atoms with Gasteiger partial charge in [-0.25, -0.2) is 12.8 Å². The first-order chi connectivity index (χ1) is 13.8. The Labute approximate surface area is 170 Å². The number of methoxy groups -OCH3 is 2. The molecule has 0 radical (unpaired) electrons. The fourth-order valence-corrected chi connectivity index (χ4v) is 3.75. The Kier molecular flexibility index (Phi) is 7.83. The lowest BCUT2D eigenvalue weighted by Gasteiger charge is -2.22. The van der Waals surface area contributed by atoms with Crippen molar-refractivity contribution in [3.8, 4) is 11.5 Å². The van der Waals surface area contributed by atoms with Gasteiger partial charge in [0.25, 0.3) is 0 Å². The molecule has 0 spiro atoms. The quantitative estimate of drug-likeness (QED) is 0.634. The normalized spacial score (nSPS) is 11.0. The highest BCUT2D eigenvalue weighted by Gasteiger charge is 2.20. The van der Waals surface area contributed by atoms with E-state index in [1.54, 1.807) is 25.3 Å². The maximum absolute atomic E-state index is 14.0. The van der Waals surface area contributed by atoms with Crippen LogP contribution in [0.5, 0.6) is 11.5 Å². The van der Waals surface area contributed by atoms with Gasteiger partial charge >= 0.3 is 0 Å². The van der Waals surface area contributed by atoms with Crippen molar-refractivity contribution in [3.05, 3.63) is 53.8 Å². The molecule has 9 heteroatoms. The zero-order valence-electron chi connectivity index (χ0n) is 16.6. The number of carbonyl (C=O) groups is 1. The first-order valence-corrected chi connectivity index (χ1v) is 10.8. The van der Waals surface area contributed by atoms with Crippen molar-refractivity contribution in [2.75, 3.05) is 31.3 Å². The smallest absolute Gasteiger partial charge is 0.232 e. The van der Waals surface area contributed by atoms with E-state index < -0.39 is 15.8 Å². The highest BCUT2D eigenvalue weighted by molar-refractivity contribution is 7.92. The predicted molar refractivity (Wildman–Crippen MR) is 109 cm³/mol. The highest BCUT2D eigenvalue weighted by atomic mass is 32.2. The third kappa shape index (κ3) is 6.35. The Hall–Kier alpha value is -2.81. The summed E-state index contributed by atoms with van der Waals surface area (Å²) in [5.74, 6) is 0.294. The van der Waals surface area contributed by atoms with Gasteiger partial charge in [0, 0.05) is 19.5 Å². The SMILES string of the molecule is COc1ccc(CNC(=O)CCCN(c2ccccc2F)S(C)(=O)=O)cc1OC. The molecule has 1 amide bonds. The van der Waals surface area contributed by atoms with Crippen molar-refractivity contribution < 1.29 is 27.1 Å². The number of amides is 1. The van der Waals surface area contributed by atoms with Crippen LogP contribution in [0.4, 0.5) is 10.1 Å². The lowest BCUT2D eigenvalue weighted by molar-refractivity contribution is -0.121. The molecule has 0 saturated carbocycles. The van der Waals surface area contributed by atoms with Crippen LogP contribution < -0.4 is 19.1 Å². The number of carbonyl (C=O) groups excluding carboxylic acids is 1. The molecular weight excluding hydrogens is 399 g/mol. The molecular formula is C20H25FN2O5S. The van der Waals surface area contributed by atoms with Crippen LogP contribution in [0.1, 0.15) is 18.4 Å². The summed E-state index contributed by atoms with van der Waals surface area (Å²) in [6.45, 7) is 0.297. The van der Waals surface area contributed by atoms with Gasteiger partial charge in [-0.2, -0.15) is 0 Å². The number of nitrogens with one attached hydrogen (secondary N) is 1. The maximum atomic E-state index is 14.0. The van der Waals surface area contributed by atoms with E-state index in [9.17, 15) is 17.6 Å². The lowest BCUT2D eigenvalue weighted by Crippen LogP contribution is -2.32. The molecule has 0 bridgehead atoms. The van der Waals surface area contributed by atoms with E-state index in [-0.39, 0.29) is 31.0 Å². The monoisotopic (exact) mass is 424 g/mol. The Morgan fingerprint density at radius 2 is 1.79 bits per heavy atom. The van der Waals surface area contributed by atoms with E-state index in [1.807, 2.05) is 6.07 Å². The fourth-order valence-electron chi connectivity index (χ4n) is 2.78. The summed E-state index contributed by atoms with van der Waals surface area (Å²) >= 11 is 0. The highest BCUT2D eigenvalue weighted by Crippen LogP contribution is 2.27. The minimum absolute atomic E-state index is 0.00352. The minimum atomic E-state index is -3.67. The molecule has 2 aromatic carbocycles. The summed E-state index contributed by atoms with van der Waals surface area (Å²) in [4.78, 5) is 12.1. The van der Waals surface area contributed by atoms with Crippen LogP contribution in [0, 0.1) is 5.82 Å². The van der Waals surface area contributed by atoms with Gasteiger partial charge in [0.05, 0.1) is 26.2 Å². The average molecular weight is 424 g/mol. The zero-order chi connectivity index (χ0) is 21.4. The Balaban J connectivity index is 1.91. The summed E-state index contributed by atoms with van der Waals surface area (Å²) in [6, 6.07) is 11.0. The molecule has 2 rings (SSSR count). The van der Waals surface area contributed by atoms with Crippen LogP contribution in [0.15, 0.2) is 42.5 Å². The number of sulfonamides is 1. The number of rotatable bonds is 10. The third-order valence-corrected chi connectivity index (χ3v) is 5.40. The molecule has 0 unspecified atom stereocenters. The second-order valence-corrected chi connectivity index (χ2v) is 8.26. The number of nitrogens with zero attached hydrogens (tertiary/aromatic N) is 1. The first kappa shape index (κ1) is 22.5. The first-order valence-electron chi connectivity index (χ1n) is 8.96. The summed E-state index contributed by atoms with van der Waals surface area (Å²) in [7, 11) is -0.599. The van der Waals surface area contributed by atoms with E-state index in [1.165, 1.54) is 25.3 Å². The van der Waals surface area contributed by atoms with Gasteiger partial charge in [0.1, 0.15) is 5.82 Å². The minimum Gasteiger partial charge on any atom is -0.493 e. The van der Waals surface area contributed by atoms with E-state index in [0.29, 0.717) is 18.0 Å². The van der Waals surface area contributed by atoms with E-state index in [2.05, 4.69) is 5.32 Å². The van der Waals surface area contributed by atoms with Crippen molar-refractivity contribution in [1.82, 2.24) is 5.32 Å². The third-order valence-electron chi connectivity index (χ3n) is 4.22. The summed E-state index contributed by atoms with van der Waals surface area (Å²) < 4.78 is 49.4. The Morgan fingerprint density at radius 1 is 1.10 bits per heavy atom. The number of ether oxygens (including phenoxy) is 2. The zero-order valence-corrected chi connectivity index (χ0v) is 17.5. The van der Waals surface area contributed by atoms with Gasteiger partial charge in [0.15, 0.2) is 11.5 Å². The Morgan fingerprint density at radius 3 is 2.41 bits per heavy atom. The van der Waals surface area contributed by atoms with Crippen molar-refractivity contribution in [2.45, 2.75) is 19.4 Å². The van der Waals surface area contributed by atoms with Gasteiger partial charge in [0.2, 0.25) is 15.9 Å². The topological polar surface area (TPSA) is 84.9 Å². The number of hydrogen-bond donors (Lipinski definition) is 1. The molecule has 0 aliphatic heterocycles. The molecule has 0 aliphatic rings. The van der Waals surface area contributed by atoms with E-state index in [4.69, 9.17) is 9.47 Å². The molecule has 1 N–H and O–H groups in total. The van der Waals surface area contributed by atoms with Crippen molar-refractivity contribution in [1.29, 1.82) is 0 Å². The number of para-hydroxylation sites is 1.